The number of hydrogen-bond acceptors (Lipinski definition) is 6. The van der Waals surface area contributed by atoms with Gasteiger partial charge in [0, 0.05) is 25.7 Å². The van der Waals surface area contributed by atoms with Gasteiger partial charge in [-0.15, -0.1) is 0 Å². The molecule has 2 N–H and O–H groups in total. The summed E-state index contributed by atoms with van der Waals surface area (Å²) in [6, 6.07) is 6.88. The molecule has 1 aliphatic heterocycles. The second-order valence-corrected chi connectivity index (χ2v) is 7.72. The first-order valence-electron chi connectivity index (χ1n) is 9.95. The van der Waals surface area contributed by atoms with Crippen molar-refractivity contribution >= 4 is 11.6 Å². The summed E-state index contributed by atoms with van der Waals surface area (Å²) in [7, 11) is 1.72. The Morgan fingerprint density at radius 3 is 2.83 bits per heavy atom. The molecule has 0 saturated carbocycles. The van der Waals surface area contributed by atoms with Crippen molar-refractivity contribution in [3.05, 3.63) is 57.1 Å². The van der Waals surface area contributed by atoms with Crippen LogP contribution in [0.3, 0.4) is 0 Å². The molecule has 0 bridgehead atoms. The number of nitrogens with zero attached hydrogens (tertiary/aromatic N) is 4. The van der Waals surface area contributed by atoms with Crippen LogP contribution in [0.15, 0.2) is 24.3 Å². The van der Waals surface area contributed by atoms with Crippen LogP contribution in [0.1, 0.15) is 42.3 Å². The Labute approximate surface area is 174 Å². The second kappa shape index (κ2) is 9.31. The first kappa shape index (κ1) is 21.8. The fourth-order valence-electron chi connectivity index (χ4n) is 3.81. The summed E-state index contributed by atoms with van der Waals surface area (Å²) in [5.41, 5.74) is 8.00. The van der Waals surface area contributed by atoms with Gasteiger partial charge in [-0.3, -0.25) is 30.4 Å². The van der Waals surface area contributed by atoms with Crippen molar-refractivity contribution in [2.75, 3.05) is 13.6 Å². The predicted octanol–water partition coefficient (Wildman–Crippen LogP) is 2.39. The van der Waals surface area contributed by atoms with Gasteiger partial charge in [-0.1, -0.05) is 12.1 Å². The number of nitrogens with one attached hydrogen (secondary N) is 2. The number of hydrogen-bond donors (Lipinski definition) is 2. The zero-order chi connectivity index (χ0) is 21.8. The van der Waals surface area contributed by atoms with Crippen LogP contribution in [-0.4, -0.2) is 45.1 Å². The van der Waals surface area contributed by atoms with Gasteiger partial charge in [-0.25, -0.2) is 4.39 Å². The van der Waals surface area contributed by atoms with Gasteiger partial charge in [0.2, 0.25) is 5.91 Å². The highest BCUT2D eigenvalue weighted by atomic mass is 19.1. The molecule has 2 aromatic rings. The summed E-state index contributed by atoms with van der Waals surface area (Å²) in [6.07, 6.45) is 2.51. The van der Waals surface area contributed by atoms with Crippen molar-refractivity contribution in [2.45, 2.75) is 51.7 Å². The van der Waals surface area contributed by atoms with E-state index in [1.165, 1.54) is 16.8 Å². The molecule has 10 heteroatoms. The first-order valence-corrected chi connectivity index (χ1v) is 9.95. The van der Waals surface area contributed by atoms with E-state index in [-0.39, 0.29) is 36.0 Å². The Morgan fingerprint density at radius 1 is 1.40 bits per heavy atom. The number of nitro groups is 1. The van der Waals surface area contributed by atoms with Crippen LogP contribution >= 0.6 is 0 Å². The van der Waals surface area contributed by atoms with E-state index in [4.69, 9.17) is 0 Å². The van der Waals surface area contributed by atoms with Crippen LogP contribution < -0.4 is 10.9 Å². The number of rotatable bonds is 8. The number of likely N-dealkylation sites (N-methyl/N-ethyl adjacent to an activating group) is 1. The van der Waals surface area contributed by atoms with Crippen LogP contribution in [-0.2, 0) is 11.3 Å². The van der Waals surface area contributed by atoms with E-state index in [1.54, 1.807) is 31.9 Å². The van der Waals surface area contributed by atoms with E-state index < -0.39 is 4.92 Å². The number of hydrazine groups is 1. The smallest absolute Gasteiger partial charge is 0.312 e. The standard InChI is InChI=1S/C20H27FN6O3/c1-13-20(27(29)30)14(2)26(24-13)12-19(28)25(3)9-5-8-17-11-18(23-22-17)15-6-4-7-16(21)10-15/h4,6-7,10,17-18,22-23H,5,8-9,11-12H2,1-3H3. The minimum Gasteiger partial charge on any atom is -0.344 e. The molecule has 3 rings (SSSR count). The van der Waals surface area contributed by atoms with E-state index >= 15 is 0 Å². The summed E-state index contributed by atoms with van der Waals surface area (Å²) >= 11 is 0. The zero-order valence-electron chi connectivity index (χ0n) is 17.4. The third-order valence-corrected chi connectivity index (χ3v) is 5.52. The van der Waals surface area contributed by atoms with Crippen LogP contribution in [0.25, 0.3) is 0 Å². The number of benzene rings is 1. The van der Waals surface area contributed by atoms with E-state index in [2.05, 4.69) is 16.0 Å². The highest BCUT2D eigenvalue weighted by Gasteiger charge is 2.26. The van der Waals surface area contributed by atoms with Crippen molar-refractivity contribution in [1.29, 1.82) is 0 Å². The number of carbonyl (C=O) groups is 1. The maximum absolute atomic E-state index is 13.4. The number of aromatic nitrogens is 2. The van der Waals surface area contributed by atoms with Gasteiger partial charge >= 0.3 is 5.69 Å². The van der Waals surface area contributed by atoms with Gasteiger partial charge in [0.1, 0.15) is 23.7 Å². The monoisotopic (exact) mass is 418 g/mol. The normalized spacial score (nSPS) is 18.5. The van der Waals surface area contributed by atoms with Gasteiger partial charge in [0.25, 0.3) is 0 Å². The lowest BCUT2D eigenvalue weighted by Crippen LogP contribution is -2.34. The highest BCUT2D eigenvalue weighted by molar-refractivity contribution is 5.75. The molecular weight excluding hydrogens is 391 g/mol. The number of aryl methyl sites for hydroxylation is 1. The van der Waals surface area contributed by atoms with Crippen LogP contribution in [0.5, 0.6) is 0 Å². The first-order chi connectivity index (χ1) is 14.3. The number of amides is 1. The topological polar surface area (TPSA) is 105 Å². The van der Waals surface area contributed by atoms with Crippen molar-refractivity contribution in [3.63, 3.8) is 0 Å². The molecule has 1 saturated heterocycles. The molecule has 1 fully saturated rings. The lowest BCUT2D eigenvalue weighted by molar-refractivity contribution is -0.386. The fraction of sp³-hybridized carbons (Fsp3) is 0.500. The minimum absolute atomic E-state index is 0.0259. The molecule has 9 nitrogen and oxygen atoms in total. The zero-order valence-corrected chi connectivity index (χ0v) is 17.4. The van der Waals surface area contributed by atoms with Gasteiger partial charge in [-0.2, -0.15) is 5.10 Å². The maximum Gasteiger partial charge on any atom is 0.312 e. The third kappa shape index (κ3) is 5.00. The Bertz CT molecular complexity index is 931. The lowest BCUT2D eigenvalue weighted by Gasteiger charge is -2.18. The van der Waals surface area contributed by atoms with E-state index in [0.29, 0.717) is 17.9 Å². The molecule has 1 aromatic carbocycles. The summed E-state index contributed by atoms with van der Waals surface area (Å²) in [5.74, 6) is -0.392. The van der Waals surface area contributed by atoms with E-state index in [9.17, 15) is 19.3 Å². The number of carbonyl (C=O) groups excluding carboxylic acids is 1. The van der Waals surface area contributed by atoms with Crippen LogP contribution in [0.2, 0.25) is 0 Å². The SMILES string of the molecule is Cc1nn(CC(=O)N(C)CCCC2CC(c3cccc(F)c3)NN2)c(C)c1[N+](=O)[O-]. The van der Waals surface area contributed by atoms with Gasteiger partial charge in [0.05, 0.1) is 4.92 Å². The predicted molar refractivity (Wildman–Crippen MR) is 109 cm³/mol. The molecule has 162 valence electrons. The van der Waals surface area contributed by atoms with Gasteiger partial charge < -0.3 is 4.90 Å². The third-order valence-electron chi connectivity index (χ3n) is 5.52. The van der Waals surface area contributed by atoms with Crippen LogP contribution in [0.4, 0.5) is 10.1 Å². The molecule has 30 heavy (non-hydrogen) atoms. The Hall–Kier alpha value is -2.85. The fourth-order valence-corrected chi connectivity index (χ4v) is 3.81. The minimum atomic E-state index is -0.470. The Morgan fingerprint density at radius 2 is 2.17 bits per heavy atom. The average Bonchev–Trinajstić information content (AvgIpc) is 3.26. The summed E-state index contributed by atoms with van der Waals surface area (Å²) in [6.45, 7) is 3.71. The molecule has 1 amide bonds. The molecule has 1 aromatic heterocycles. The van der Waals surface area contributed by atoms with Gasteiger partial charge in [-0.05, 0) is 50.8 Å². The Kier molecular flexibility index (Phi) is 6.78. The molecule has 2 atom stereocenters. The summed E-state index contributed by atoms with van der Waals surface area (Å²) in [5, 5.41) is 15.2. The average molecular weight is 418 g/mol. The van der Waals surface area contributed by atoms with Crippen molar-refractivity contribution in [2.24, 2.45) is 0 Å². The van der Waals surface area contributed by atoms with Crippen LogP contribution in [0, 0.1) is 29.8 Å². The molecular formula is C20H27FN6O3. The van der Waals surface area contributed by atoms with Gasteiger partial charge in [0.15, 0.2) is 0 Å². The largest absolute Gasteiger partial charge is 0.344 e. The van der Waals surface area contributed by atoms with Crippen molar-refractivity contribution in [1.82, 2.24) is 25.5 Å². The number of halogens is 1. The molecule has 2 heterocycles. The van der Waals surface area contributed by atoms with Crippen molar-refractivity contribution < 1.29 is 14.1 Å². The summed E-state index contributed by atoms with van der Waals surface area (Å²) in [4.78, 5) is 24.7. The molecule has 0 spiro atoms. The summed E-state index contributed by atoms with van der Waals surface area (Å²) < 4.78 is 14.8. The maximum atomic E-state index is 13.4. The van der Waals surface area contributed by atoms with Crippen molar-refractivity contribution in [3.8, 4) is 0 Å². The molecule has 0 aliphatic carbocycles. The molecule has 0 radical (unpaired) electrons. The second-order valence-electron chi connectivity index (χ2n) is 7.72. The Balaban J connectivity index is 1.45. The molecule has 2 unspecified atom stereocenters. The lowest BCUT2D eigenvalue weighted by atomic mass is 9.99. The highest BCUT2D eigenvalue weighted by Crippen LogP contribution is 2.25. The molecule has 1 aliphatic rings. The van der Waals surface area contributed by atoms with E-state index in [0.717, 1.165) is 24.8 Å². The van der Waals surface area contributed by atoms with E-state index in [1.807, 2.05) is 6.07 Å². The quantitative estimate of drug-likeness (QED) is 0.504.